The van der Waals surface area contributed by atoms with Gasteiger partial charge in [-0.05, 0) is 44.5 Å². The van der Waals surface area contributed by atoms with Crippen molar-refractivity contribution < 1.29 is 0 Å². The second-order valence-electron chi connectivity index (χ2n) is 6.89. The van der Waals surface area contributed by atoms with Gasteiger partial charge in [0.05, 0.1) is 6.54 Å². The van der Waals surface area contributed by atoms with Crippen molar-refractivity contribution in [1.29, 1.82) is 0 Å². The quantitative estimate of drug-likeness (QED) is 0.142. The summed E-state index contributed by atoms with van der Waals surface area (Å²) in [6, 6.07) is 39.4. The van der Waals surface area contributed by atoms with E-state index in [1.165, 1.54) is 0 Å². The Kier molecular flexibility index (Phi) is 6.05. The van der Waals surface area contributed by atoms with Crippen LogP contribution in [0, 0.1) is 0 Å². The van der Waals surface area contributed by atoms with Crippen molar-refractivity contribution in [3.63, 3.8) is 0 Å². The fraction of sp³-hybridized carbons (Fsp3) is 0.0370. The molecule has 4 aromatic carbocycles. The molecule has 0 atom stereocenters. The van der Waals surface area contributed by atoms with Crippen LogP contribution in [0.15, 0.2) is 120 Å². The predicted octanol–water partition coefficient (Wildman–Crippen LogP) is 7.50. The number of azide groups is 1. The molecule has 0 amide bonds. The van der Waals surface area contributed by atoms with Crippen LogP contribution >= 0.6 is 0 Å². The van der Waals surface area contributed by atoms with Crippen LogP contribution in [0.3, 0.4) is 0 Å². The van der Waals surface area contributed by atoms with Crippen molar-refractivity contribution in [3.05, 3.63) is 154 Å². The van der Waals surface area contributed by atoms with E-state index in [-0.39, 0.29) is 0 Å². The first-order valence-electron chi connectivity index (χ1n) is 9.88. The SMILES string of the molecule is [N-]=[N+]=NCc1ccccc1C(=C(c1ccccc1)c1ccccc1)c1ccccc1. The molecule has 0 saturated heterocycles. The molecule has 4 rings (SSSR count). The van der Waals surface area contributed by atoms with Crippen molar-refractivity contribution in [3.8, 4) is 0 Å². The zero-order valence-electron chi connectivity index (χ0n) is 16.5. The fourth-order valence-electron chi connectivity index (χ4n) is 3.71. The van der Waals surface area contributed by atoms with Gasteiger partial charge in [0.2, 0.25) is 0 Å². The molecule has 0 aliphatic heterocycles. The Morgan fingerprint density at radius 3 is 1.50 bits per heavy atom. The summed E-state index contributed by atoms with van der Waals surface area (Å²) in [5.41, 5.74) is 16.6. The van der Waals surface area contributed by atoms with Gasteiger partial charge in [-0.25, -0.2) is 0 Å². The third kappa shape index (κ3) is 4.17. The monoisotopic (exact) mass is 387 g/mol. The first-order valence-corrected chi connectivity index (χ1v) is 9.88. The van der Waals surface area contributed by atoms with Gasteiger partial charge in [-0.3, -0.25) is 0 Å². The molecule has 0 spiro atoms. The minimum atomic E-state index is 0.305. The minimum Gasteiger partial charge on any atom is -0.0893 e. The largest absolute Gasteiger partial charge is 0.0893 e. The first-order chi connectivity index (χ1) is 14.9. The van der Waals surface area contributed by atoms with E-state index in [1.54, 1.807) is 0 Å². The molecular formula is C27H21N3. The molecule has 0 aliphatic carbocycles. The lowest BCUT2D eigenvalue weighted by molar-refractivity contribution is 1.04. The Morgan fingerprint density at radius 1 is 0.567 bits per heavy atom. The summed E-state index contributed by atoms with van der Waals surface area (Å²) in [5, 5.41) is 3.84. The predicted molar refractivity (Wildman–Crippen MR) is 124 cm³/mol. The van der Waals surface area contributed by atoms with Gasteiger partial charge < -0.3 is 0 Å². The van der Waals surface area contributed by atoms with Crippen LogP contribution in [-0.4, -0.2) is 0 Å². The highest BCUT2D eigenvalue weighted by atomic mass is 15.1. The lowest BCUT2D eigenvalue weighted by Gasteiger charge is -2.20. The Morgan fingerprint density at radius 2 is 1.00 bits per heavy atom. The van der Waals surface area contributed by atoms with Crippen molar-refractivity contribution in [2.45, 2.75) is 6.54 Å². The number of hydrogen-bond donors (Lipinski definition) is 0. The molecule has 30 heavy (non-hydrogen) atoms. The molecule has 0 bridgehead atoms. The van der Waals surface area contributed by atoms with Crippen LogP contribution in [0.1, 0.15) is 27.8 Å². The summed E-state index contributed by atoms with van der Waals surface area (Å²) >= 11 is 0. The average molecular weight is 387 g/mol. The van der Waals surface area contributed by atoms with Gasteiger partial charge in [-0.2, -0.15) is 0 Å². The maximum absolute atomic E-state index is 8.89. The van der Waals surface area contributed by atoms with E-state index in [1.807, 2.05) is 36.4 Å². The summed E-state index contributed by atoms with van der Waals surface area (Å²) in [6.07, 6.45) is 0. The molecule has 0 heterocycles. The smallest absolute Gasteiger partial charge is 0.0517 e. The second-order valence-corrected chi connectivity index (χ2v) is 6.89. The third-order valence-electron chi connectivity index (χ3n) is 5.03. The minimum absolute atomic E-state index is 0.305. The highest BCUT2D eigenvalue weighted by Crippen LogP contribution is 2.38. The Hall–Kier alpha value is -4.07. The van der Waals surface area contributed by atoms with Gasteiger partial charge in [-0.1, -0.05) is 120 Å². The Labute approximate surface area is 176 Å². The molecule has 4 aromatic rings. The first kappa shape index (κ1) is 19.3. The molecule has 0 aliphatic rings. The number of benzene rings is 4. The van der Waals surface area contributed by atoms with Gasteiger partial charge in [0.25, 0.3) is 0 Å². The van der Waals surface area contributed by atoms with Crippen molar-refractivity contribution in [1.82, 2.24) is 0 Å². The van der Waals surface area contributed by atoms with Gasteiger partial charge in [0.15, 0.2) is 0 Å². The Balaban J connectivity index is 2.11. The highest BCUT2D eigenvalue weighted by molar-refractivity contribution is 6.05. The van der Waals surface area contributed by atoms with Crippen molar-refractivity contribution >= 4 is 11.1 Å². The maximum Gasteiger partial charge on any atom is 0.0517 e. The molecule has 144 valence electrons. The van der Waals surface area contributed by atoms with Crippen LogP contribution in [0.25, 0.3) is 21.6 Å². The van der Waals surface area contributed by atoms with Gasteiger partial charge in [0, 0.05) is 4.91 Å². The summed E-state index contributed by atoms with van der Waals surface area (Å²) in [5.74, 6) is 0. The van der Waals surface area contributed by atoms with Gasteiger partial charge in [-0.15, -0.1) is 0 Å². The van der Waals surface area contributed by atoms with Crippen LogP contribution in [0.4, 0.5) is 0 Å². The van der Waals surface area contributed by atoms with E-state index in [0.717, 1.165) is 39.0 Å². The third-order valence-corrected chi connectivity index (χ3v) is 5.03. The van der Waals surface area contributed by atoms with E-state index in [9.17, 15) is 0 Å². The molecular weight excluding hydrogens is 366 g/mol. The average Bonchev–Trinajstić information content (AvgIpc) is 2.83. The summed E-state index contributed by atoms with van der Waals surface area (Å²) in [7, 11) is 0. The van der Waals surface area contributed by atoms with Crippen molar-refractivity contribution in [2.75, 3.05) is 0 Å². The van der Waals surface area contributed by atoms with Crippen LogP contribution in [-0.2, 0) is 6.54 Å². The van der Waals surface area contributed by atoms with Gasteiger partial charge >= 0.3 is 0 Å². The summed E-state index contributed by atoms with van der Waals surface area (Å²) < 4.78 is 0. The lowest BCUT2D eigenvalue weighted by Crippen LogP contribution is -2.00. The zero-order valence-corrected chi connectivity index (χ0v) is 16.5. The van der Waals surface area contributed by atoms with E-state index < -0.39 is 0 Å². The molecule has 0 unspecified atom stereocenters. The molecule has 0 radical (unpaired) electrons. The zero-order chi connectivity index (χ0) is 20.6. The van der Waals surface area contributed by atoms with Crippen LogP contribution in [0.5, 0.6) is 0 Å². The fourth-order valence-corrected chi connectivity index (χ4v) is 3.71. The molecule has 0 saturated carbocycles. The van der Waals surface area contributed by atoms with Crippen molar-refractivity contribution in [2.24, 2.45) is 5.11 Å². The number of nitrogens with zero attached hydrogens (tertiary/aromatic N) is 3. The molecule has 0 aromatic heterocycles. The number of rotatable bonds is 6. The van der Waals surface area contributed by atoms with E-state index in [4.69, 9.17) is 5.53 Å². The molecule has 3 nitrogen and oxygen atoms in total. The normalized spacial score (nSPS) is 10.1. The molecule has 0 fully saturated rings. The van der Waals surface area contributed by atoms with Crippen LogP contribution < -0.4 is 0 Å². The summed E-state index contributed by atoms with van der Waals surface area (Å²) in [6.45, 7) is 0.305. The number of hydrogen-bond acceptors (Lipinski definition) is 1. The topological polar surface area (TPSA) is 48.8 Å². The van der Waals surface area contributed by atoms with E-state index >= 15 is 0 Å². The van der Waals surface area contributed by atoms with Crippen LogP contribution in [0.2, 0.25) is 0 Å². The lowest BCUT2D eigenvalue weighted by atomic mass is 9.84. The maximum atomic E-state index is 8.89. The van der Waals surface area contributed by atoms with E-state index in [0.29, 0.717) is 6.54 Å². The molecule has 0 N–H and O–H groups in total. The molecule has 3 heteroatoms. The summed E-state index contributed by atoms with van der Waals surface area (Å²) in [4.78, 5) is 2.97. The standard InChI is InChI=1S/C27H21N3/c28-30-29-20-24-18-10-11-19-25(24)27(23-16-8-3-9-17-23)26(21-12-4-1-5-13-21)22-14-6-2-7-15-22/h1-19H,20H2. The second kappa shape index (κ2) is 9.42. The van der Waals surface area contributed by atoms with E-state index in [2.05, 4.69) is 88.9 Å². The highest BCUT2D eigenvalue weighted by Gasteiger charge is 2.17. The Bertz CT molecular complexity index is 1150. The van der Waals surface area contributed by atoms with Gasteiger partial charge in [0.1, 0.15) is 0 Å².